The van der Waals surface area contributed by atoms with Gasteiger partial charge in [0.1, 0.15) is 0 Å². The molecule has 6 heteroatoms. The molecule has 2 aromatic heterocycles. The molecule has 0 amide bonds. The van der Waals surface area contributed by atoms with Gasteiger partial charge in [0.15, 0.2) is 0 Å². The summed E-state index contributed by atoms with van der Waals surface area (Å²) in [6.07, 6.45) is 11.6. The van der Waals surface area contributed by atoms with Crippen LogP contribution < -0.4 is 5.56 Å². The third-order valence-electron chi connectivity index (χ3n) is 7.16. The fourth-order valence-corrected chi connectivity index (χ4v) is 5.87. The Bertz CT molecular complexity index is 883. The number of nitrogens with zero attached hydrogens (tertiary/aromatic N) is 4. The van der Waals surface area contributed by atoms with Crippen molar-refractivity contribution in [1.82, 2.24) is 19.0 Å². The lowest BCUT2D eigenvalue weighted by Gasteiger charge is -2.46. The molecule has 2 bridgehead atoms. The van der Waals surface area contributed by atoms with Crippen LogP contribution in [0.1, 0.15) is 67.9 Å². The van der Waals surface area contributed by atoms with Gasteiger partial charge in [0.25, 0.3) is 5.56 Å². The van der Waals surface area contributed by atoms with Crippen LogP contribution in [0, 0.1) is 5.92 Å². The fraction of sp³-hybridized carbons (Fsp3) is 0.636. The number of imidazole rings is 1. The summed E-state index contributed by atoms with van der Waals surface area (Å²) >= 11 is 0. The van der Waals surface area contributed by atoms with E-state index in [9.17, 15) is 9.90 Å². The molecule has 1 N–H and O–H groups in total. The predicted octanol–water partition coefficient (Wildman–Crippen LogP) is 2.70. The molecule has 2 fully saturated rings. The zero-order valence-electron chi connectivity index (χ0n) is 16.4. The Hall–Kier alpha value is -1.92. The summed E-state index contributed by atoms with van der Waals surface area (Å²) in [7, 11) is 0. The molecular formula is C22H30N4O2. The smallest absolute Gasteiger partial charge is 0.251 e. The lowest BCUT2D eigenvalue weighted by atomic mass is 9.78. The van der Waals surface area contributed by atoms with Crippen LogP contribution in [0.3, 0.4) is 0 Å². The van der Waals surface area contributed by atoms with E-state index in [2.05, 4.69) is 20.5 Å². The van der Waals surface area contributed by atoms with Crippen molar-refractivity contribution in [1.29, 1.82) is 0 Å². The molecule has 2 aromatic rings. The van der Waals surface area contributed by atoms with Gasteiger partial charge in [0.2, 0.25) is 0 Å². The van der Waals surface area contributed by atoms with Crippen molar-refractivity contribution in [2.45, 2.75) is 63.1 Å². The van der Waals surface area contributed by atoms with Gasteiger partial charge in [0, 0.05) is 49.6 Å². The van der Waals surface area contributed by atoms with E-state index in [1.807, 2.05) is 23.2 Å². The minimum atomic E-state index is -0.106. The Morgan fingerprint density at radius 3 is 2.82 bits per heavy atom. The summed E-state index contributed by atoms with van der Waals surface area (Å²) in [6, 6.07) is 6.04. The van der Waals surface area contributed by atoms with Crippen LogP contribution in [0.2, 0.25) is 0 Å². The monoisotopic (exact) mass is 382 g/mol. The van der Waals surface area contributed by atoms with E-state index in [4.69, 9.17) is 0 Å². The van der Waals surface area contributed by atoms with Crippen LogP contribution in [0.5, 0.6) is 0 Å². The lowest BCUT2D eigenvalue weighted by Crippen LogP contribution is -2.50. The topological polar surface area (TPSA) is 63.3 Å². The maximum absolute atomic E-state index is 12.4. The third-order valence-corrected chi connectivity index (χ3v) is 7.16. The number of fused-ring (bicyclic) bond motifs is 4. The van der Waals surface area contributed by atoms with Crippen LogP contribution in [0.15, 0.2) is 35.5 Å². The molecule has 1 aliphatic carbocycles. The number of rotatable bonds is 4. The van der Waals surface area contributed by atoms with Gasteiger partial charge in [-0.1, -0.05) is 25.3 Å². The first-order valence-electron chi connectivity index (χ1n) is 10.8. The van der Waals surface area contributed by atoms with Crippen molar-refractivity contribution in [2.24, 2.45) is 5.92 Å². The van der Waals surface area contributed by atoms with Gasteiger partial charge in [-0.3, -0.25) is 9.69 Å². The van der Waals surface area contributed by atoms with Gasteiger partial charge < -0.3 is 14.2 Å². The van der Waals surface area contributed by atoms with Crippen molar-refractivity contribution in [3.05, 3.63) is 52.5 Å². The summed E-state index contributed by atoms with van der Waals surface area (Å²) in [5.41, 5.74) is 2.42. The van der Waals surface area contributed by atoms with Crippen LogP contribution in [0.4, 0.5) is 0 Å². The van der Waals surface area contributed by atoms with Crippen molar-refractivity contribution < 1.29 is 5.11 Å². The van der Waals surface area contributed by atoms with Crippen LogP contribution in [0.25, 0.3) is 0 Å². The van der Waals surface area contributed by atoms with E-state index in [-0.39, 0.29) is 18.2 Å². The number of aliphatic hydroxyl groups is 1. The van der Waals surface area contributed by atoms with Gasteiger partial charge in [0.05, 0.1) is 24.7 Å². The first-order valence-corrected chi connectivity index (χ1v) is 10.8. The van der Waals surface area contributed by atoms with Gasteiger partial charge >= 0.3 is 0 Å². The molecule has 0 spiro atoms. The molecule has 1 saturated heterocycles. The second kappa shape index (κ2) is 7.48. The SMILES string of the molecule is O=c1cccc2n1[C@@H](CO)[C@H]1C[C@@H]2CN(Cc2cncn2C2CCCCC2)C1. The van der Waals surface area contributed by atoms with Crippen molar-refractivity contribution >= 4 is 0 Å². The lowest BCUT2D eigenvalue weighted by molar-refractivity contribution is 0.0566. The summed E-state index contributed by atoms with van der Waals surface area (Å²) in [4.78, 5) is 19.4. The molecule has 0 radical (unpaired) electrons. The highest BCUT2D eigenvalue weighted by molar-refractivity contribution is 5.19. The number of piperidine rings is 1. The highest BCUT2D eigenvalue weighted by atomic mass is 16.3. The first kappa shape index (κ1) is 18.1. The largest absolute Gasteiger partial charge is 0.394 e. The average molecular weight is 383 g/mol. The van der Waals surface area contributed by atoms with Gasteiger partial charge in [-0.25, -0.2) is 4.98 Å². The number of aliphatic hydroxyl groups excluding tert-OH is 1. The molecule has 3 aliphatic rings. The maximum Gasteiger partial charge on any atom is 0.251 e. The number of aromatic nitrogens is 3. The Morgan fingerprint density at radius 1 is 1.14 bits per heavy atom. The van der Waals surface area contributed by atoms with Crippen molar-refractivity contribution in [3.8, 4) is 0 Å². The van der Waals surface area contributed by atoms with Crippen molar-refractivity contribution in [2.75, 3.05) is 19.7 Å². The Kier molecular flexibility index (Phi) is 4.85. The van der Waals surface area contributed by atoms with E-state index >= 15 is 0 Å². The molecule has 150 valence electrons. The molecule has 1 saturated carbocycles. The molecule has 2 aliphatic heterocycles. The number of hydrogen-bond donors (Lipinski definition) is 1. The number of hydrogen-bond acceptors (Lipinski definition) is 4. The highest BCUT2D eigenvalue weighted by Crippen LogP contribution is 2.41. The molecule has 4 heterocycles. The Morgan fingerprint density at radius 2 is 2.00 bits per heavy atom. The minimum Gasteiger partial charge on any atom is -0.394 e. The van der Waals surface area contributed by atoms with E-state index < -0.39 is 0 Å². The quantitative estimate of drug-likeness (QED) is 0.883. The molecular weight excluding hydrogens is 352 g/mol. The highest BCUT2D eigenvalue weighted by Gasteiger charge is 2.40. The third kappa shape index (κ3) is 3.12. The minimum absolute atomic E-state index is 0.0232. The fourth-order valence-electron chi connectivity index (χ4n) is 5.87. The van der Waals surface area contributed by atoms with Crippen LogP contribution in [-0.2, 0) is 6.54 Å². The zero-order chi connectivity index (χ0) is 19.1. The second-order valence-corrected chi connectivity index (χ2v) is 8.88. The Labute approximate surface area is 165 Å². The molecule has 28 heavy (non-hydrogen) atoms. The standard InChI is InChI=1S/C22H30N4O2/c27-14-21-17-9-16(20-7-4-8-22(28)26(20)21)11-24(12-17)13-19-10-23-15-25(19)18-5-2-1-3-6-18/h4,7-8,10,15-18,21,27H,1-3,5-6,9,11-14H2/t16-,17+,21+/m1/s1. The maximum atomic E-state index is 12.4. The summed E-state index contributed by atoms with van der Waals surface area (Å²) in [5.74, 6) is 0.684. The first-order chi connectivity index (χ1) is 13.7. The average Bonchev–Trinajstić information content (AvgIpc) is 3.18. The number of likely N-dealkylation sites (tertiary alicyclic amines) is 1. The Balaban J connectivity index is 1.39. The molecule has 0 aromatic carbocycles. The molecule has 5 rings (SSSR count). The summed E-state index contributed by atoms with van der Waals surface area (Å²) in [5, 5.41) is 10.0. The van der Waals surface area contributed by atoms with Gasteiger partial charge in [-0.05, 0) is 31.2 Å². The predicted molar refractivity (Wildman–Crippen MR) is 107 cm³/mol. The summed E-state index contributed by atoms with van der Waals surface area (Å²) in [6.45, 7) is 2.83. The van der Waals surface area contributed by atoms with Crippen LogP contribution in [-0.4, -0.2) is 43.8 Å². The molecule has 3 atom stereocenters. The van der Waals surface area contributed by atoms with E-state index in [0.717, 1.165) is 31.7 Å². The zero-order valence-corrected chi connectivity index (χ0v) is 16.4. The summed E-state index contributed by atoms with van der Waals surface area (Å²) < 4.78 is 4.27. The molecule has 0 unspecified atom stereocenters. The van der Waals surface area contributed by atoms with Gasteiger partial charge in [-0.15, -0.1) is 0 Å². The van der Waals surface area contributed by atoms with E-state index in [1.54, 1.807) is 6.07 Å². The van der Waals surface area contributed by atoms with E-state index in [1.165, 1.54) is 37.8 Å². The molecule has 6 nitrogen and oxygen atoms in total. The van der Waals surface area contributed by atoms with Gasteiger partial charge in [-0.2, -0.15) is 0 Å². The normalized spacial score (nSPS) is 28.2. The number of pyridine rings is 1. The van der Waals surface area contributed by atoms with Crippen molar-refractivity contribution in [3.63, 3.8) is 0 Å². The van der Waals surface area contributed by atoms with Crippen LogP contribution >= 0.6 is 0 Å². The second-order valence-electron chi connectivity index (χ2n) is 8.88. The van der Waals surface area contributed by atoms with E-state index in [0.29, 0.717) is 17.9 Å².